The number of nitrogen functional groups attached to an aromatic ring is 1. The van der Waals surface area contributed by atoms with Gasteiger partial charge in [0.05, 0.1) is 7.11 Å². The molecule has 0 atom stereocenters. The molecule has 0 unspecified atom stereocenters. The average Bonchev–Trinajstić information content (AvgIpc) is 2.34. The van der Waals surface area contributed by atoms with E-state index in [1.165, 1.54) is 23.9 Å². The Bertz CT molecular complexity index is 513. The van der Waals surface area contributed by atoms with E-state index in [9.17, 15) is 4.39 Å². The molecule has 2 rings (SSSR count). The van der Waals surface area contributed by atoms with Crippen molar-refractivity contribution >= 4 is 17.4 Å². The molecule has 4 heteroatoms. The Kier molecular flexibility index (Phi) is 3.54. The zero-order chi connectivity index (χ0) is 12.3. The minimum atomic E-state index is -0.239. The lowest BCUT2D eigenvalue weighted by molar-refractivity contribution is 0.415. The first-order valence-electron chi connectivity index (χ1n) is 5.06. The first kappa shape index (κ1) is 11.8. The van der Waals surface area contributed by atoms with Crippen LogP contribution in [0, 0.1) is 5.82 Å². The molecule has 0 saturated carbocycles. The number of rotatable bonds is 3. The SMILES string of the molecule is COc1ccc(Sc2ccc(F)cc2)c(N)c1. The molecular formula is C13H12FNOS. The van der Waals surface area contributed by atoms with Gasteiger partial charge in [-0.05, 0) is 36.4 Å². The fraction of sp³-hybridized carbons (Fsp3) is 0.0769. The lowest BCUT2D eigenvalue weighted by Gasteiger charge is -2.07. The molecule has 0 aromatic heterocycles. The summed E-state index contributed by atoms with van der Waals surface area (Å²) in [6, 6.07) is 11.8. The van der Waals surface area contributed by atoms with E-state index in [2.05, 4.69) is 0 Å². The van der Waals surface area contributed by atoms with E-state index in [1.807, 2.05) is 12.1 Å². The smallest absolute Gasteiger partial charge is 0.123 e. The Labute approximate surface area is 104 Å². The summed E-state index contributed by atoms with van der Waals surface area (Å²) >= 11 is 1.49. The summed E-state index contributed by atoms with van der Waals surface area (Å²) in [5.41, 5.74) is 6.55. The summed E-state index contributed by atoms with van der Waals surface area (Å²) in [5.74, 6) is 0.489. The number of anilines is 1. The number of hydrogen-bond acceptors (Lipinski definition) is 3. The van der Waals surface area contributed by atoms with Gasteiger partial charge in [0.15, 0.2) is 0 Å². The van der Waals surface area contributed by atoms with Crippen LogP contribution < -0.4 is 10.5 Å². The molecule has 17 heavy (non-hydrogen) atoms. The minimum Gasteiger partial charge on any atom is -0.497 e. The molecule has 0 radical (unpaired) electrons. The molecule has 0 bridgehead atoms. The van der Waals surface area contributed by atoms with Crippen LogP contribution in [0.25, 0.3) is 0 Å². The molecule has 0 fully saturated rings. The monoisotopic (exact) mass is 249 g/mol. The highest BCUT2D eigenvalue weighted by Gasteiger charge is 2.03. The lowest BCUT2D eigenvalue weighted by Crippen LogP contribution is -1.90. The fourth-order valence-corrected chi connectivity index (χ4v) is 2.22. The summed E-state index contributed by atoms with van der Waals surface area (Å²) in [4.78, 5) is 1.88. The van der Waals surface area contributed by atoms with Gasteiger partial charge in [0.25, 0.3) is 0 Å². The van der Waals surface area contributed by atoms with Crippen LogP contribution >= 0.6 is 11.8 Å². The summed E-state index contributed by atoms with van der Waals surface area (Å²) < 4.78 is 17.8. The van der Waals surface area contributed by atoms with Gasteiger partial charge in [0.1, 0.15) is 11.6 Å². The highest BCUT2D eigenvalue weighted by molar-refractivity contribution is 7.99. The number of nitrogens with two attached hydrogens (primary N) is 1. The number of halogens is 1. The van der Waals surface area contributed by atoms with Crippen LogP contribution in [0.2, 0.25) is 0 Å². The predicted molar refractivity (Wildman–Crippen MR) is 67.9 cm³/mol. The molecule has 2 aromatic carbocycles. The van der Waals surface area contributed by atoms with Gasteiger partial charge in [-0.1, -0.05) is 11.8 Å². The second-order valence-electron chi connectivity index (χ2n) is 3.46. The van der Waals surface area contributed by atoms with Gasteiger partial charge in [0.2, 0.25) is 0 Å². The zero-order valence-electron chi connectivity index (χ0n) is 9.31. The largest absolute Gasteiger partial charge is 0.497 e. The third-order valence-electron chi connectivity index (χ3n) is 2.26. The lowest BCUT2D eigenvalue weighted by atomic mass is 10.3. The highest BCUT2D eigenvalue weighted by Crippen LogP contribution is 2.33. The molecule has 0 aliphatic heterocycles. The van der Waals surface area contributed by atoms with E-state index in [1.54, 1.807) is 25.3 Å². The quantitative estimate of drug-likeness (QED) is 0.845. The molecule has 88 valence electrons. The van der Waals surface area contributed by atoms with Crippen molar-refractivity contribution in [2.45, 2.75) is 9.79 Å². The normalized spacial score (nSPS) is 10.2. The van der Waals surface area contributed by atoms with Gasteiger partial charge in [-0.15, -0.1) is 0 Å². The molecule has 2 aromatic rings. The van der Waals surface area contributed by atoms with Gasteiger partial charge < -0.3 is 10.5 Å². The van der Waals surface area contributed by atoms with E-state index in [-0.39, 0.29) is 5.82 Å². The van der Waals surface area contributed by atoms with Crippen LogP contribution in [-0.4, -0.2) is 7.11 Å². The van der Waals surface area contributed by atoms with Crippen molar-refractivity contribution < 1.29 is 9.13 Å². The second kappa shape index (κ2) is 5.10. The van der Waals surface area contributed by atoms with E-state index in [0.717, 1.165) is 15.5 Å². The first-order valence-corrected chi connectivity index (χ1v) is 5.87. The van der Waals surface area contributed by atoms with Gasteiger partial charge in [-0.25, -0.2) is 4.39 Å². The van der Waals surface area contributed by atoms with Crippen molar-refractivity contribution in [3.05, 3.63) is 48.3 Å². The molecule has 2 N–H and O–H groups in total. The maximum absolute atomic E-state index is 12.8. The van der Waals surface area contributed by atoms with Crippen molar-refractivity contribution in [1.82, 2.24) is 0 Å². The van der Waals surface area contributed by atoms with E-state index < -0.39 is 0 Å². The molecule has 2 nitrogen and oxygen atoms in total. The number of methoxy groups -OCH3 is 1. The van der Waals surface area contributed by atoms with Crippen molar-refractivity contribution in [3.8, 4) is 5.75 Å². The predicted octanol–water partition coefficient (Wildman–Crippen LogP) is 3.57. The average molecular weight is 249 g/mol. The van der Waals surface area contributed by atoms with Crippen LogP contribution in [0.15, 0.2) is 52.3 Å². The van der Waals surface area contributed by atoms with Gasteiger partial charge in [0, 0.05) is 21.5 Å². The maximum Gasteiger partial charge on any atom is 0.123 e. The van der Waals surface area contributed by atoms with Crippen molar-refractivity contribution in [2.75, 3.05) is 12.8 Å². The van der Waals surface area contributed by atoms with Gasteiger partial charge >= 0.3 is 0 Å². The Morgan fingerprint density at radius 3 is 2.41 bits per heavy atom. The Morgan fingerprint density at radius 2 is 1.82 bits per heavy atom. The molecule has 0 saturated heterocycles. The van der Waals surface area contributed by atoms with E-state index in [0.29, 0.717) is 5.69 Å². The van der Waals surface area contributed by atoms with Crippen molar-refractivity contribution in [1.29, 1.82) is 0 Å². The molecule has 0 heterocycles. The van der Waals surface area contributed by atoms with Crippen LogP contribution in [0.3, 0.4) is 0 Å². The summed E-state index contributed by atoms with van der Waals surface area (Å²) in [7, 11) is 1.60. The molecule has 0 aliphatic rings. The first-order chi connectivity index (χ1) is 8.19. The molecule has 0 aliphatic carbocycles. The minimum absolute atomic E-state index is 0.239. The maximum atomic E-state index is 12.8. The summed E-state index contributed by atoms with van der Waals surface area (Å²) in [5, 5.41) is 0. The van der Waals surface area contributed by atoms with Gasteiger partial charge in [-0.3, -0.25) is 0 Å². The molecule has 0 spiro atoms. The van der Waals surface area contributed by atoms with Crippen LogP contribution in [0.5, 0.6) is 5.75 Å². The summed E-state index contributed by atoms with van der Waals surface area (Å²) in [6.07, 6.45) is 0. The van der Waals surface area contributed by atoms with Crippen LogP contribution in [0.4, 0.5) is 10.1 Å². The summed E-state index contributed by atoms with van der Waals surface area (Å²) in [6.45, 7) is 0. The van der Waals surface area contributed by atoms with E-state index in [4.69, 9.17) is 10.5 Å². The Hall–Kier alpha value is -1.68. The molecular weight excluding hydrogens is 237 g/mol. The zero-order valence-corrected chi connectivity index (χ0v) is 10.1. The number of hydrogen-bond donors (Lipinski definition) is 1. The third-order valence-corrected chi connectivity index (χ3v) is 3.36. The van der Waals surface area contributed by atoms with Crippen LogP contribution in [0.1, 0.15) is 0 Å². The Morgan fingerprint density at radius 1 is 1.12 bits per heavy atom. The van der Waals surface area contributed by atoms with Crippen LogP contribution in [-0.2, 0) is 0 Å². The second-order valence-corrected chi connectivity index (χ2v) is 4.58. The fourth-order valence-electron chi connectivity index (χ4n) is 1.38. The van der Waals surface area contributed by atoms with Crippen molar-refractivity contribution in [3.63, 3.8) is 0 Å². The standard InChI is InChI=1S/C13H12FNOS/c1-16-10-4-7-13(12(15)8-10)17-11-5-2-9(14)3-6-11/h2-8H,15H2,1H3. The third kappa shape index (κ3) is 2.91. The number of benzene rings is 2. The van der Waals surface area contributed by atoms with Crippen molar-refractivity contribution in [2.24, 2.45) is 0 Å². The van der Waals surface area contributed by atoms with Gasteiger partial charge in [-0.2, -0.15) is 0 Å². The van der Waals surface area contributed by atoms with E-state index >= 15 is 0 Å². The molecule has 0 amide bonds. The highest BCUT2D eigenvalue weighted by atomic mass is 32.2. The number of ether oxygens (including phenoxy) is 1. The Balaban J connectivity index is 2.21. The topological polar surface area (TPSA) is 35.2 Å².